The topological polar surface area (TPSA) is 72.2 Å². The van der Waals surface area contributed by atoms with Gasteiger partial charge < -0.3 is 5.73 Å². The summed E-state index contributed by atoms with van der Waals surface area (Å²) in [7, 11) is -3.99. The van der Waals surface area contributed by atoms with E-state index in [-0.39, 0.29) is 10.6 Å². The molecule has 0 aliphatic heterocycles. The molecule has 2 aromatic carbocycles. The first-order valence-corrected chi connectivity index (χ1v) is 7.53. The summed E-state index contributed by atoms with van der Waals surface area (Å²) in [5.41, 5.74) is 6.73. The minimum absolute atomic E-state index is 0.00664. The number of hydrogen-bond acceptors (Lipinski definition) is 3. The van der Waals surface area contributed by atoms with Crippen molar-refractivity contribution in [3.05, 3.63) is 53.1 Å². The Morgan fingerprint density at radius 1 is 1.05 bits per heavy atom. The van der Waals surface area contributed by atoms with Gasteiger partial charge in [-0.15, -0.1) is 0 Å². The Labute approximate surface area is 121 Å². The minimum atomic E-state index is -3.99. The number of hydrogen-bond donors (Lipinski definition) is 2. The Hall–Kier alpha value is -2.15. The van der Waals surface area contributed by atoms with Crippen LogP contribution >= 0.6 is 0 Å². The molecule has 0 fully saturated rings. The molecule has 0 saturated heterocycles. The molecule has 0 atom stereocenters. The smallest absolute Gasteiger partial charge is 0.262 e. The molecule has 7 heteroatoms. The molecule has 0 aliphatic rings. The lowest BCUT2D eigenvalue weighted by Gasteiger charge is -2.14. The molecule has 0 unspecified atom stereocenters. The summed E-state index contributed by atoms with van der Waals surface area (Å²) < 4.78 is 53.2. The van der Waals surface area contributed by atoms with Crippen molar-refractivity contribution in [3.8, 4) is 0 Å². The fraction of sp³-hybridized carbons (Fsp3) is 0.143. The van der Waals surface area contributed by atoms with Crippen molar-refractivity contribution in [2.45, 2.75) is 18.7 Å². The predicted molar refractivity (Wildman–Crippen MR) is 77.5 cm³/mol. The van der Waals surface area contributed by atoms with E-state index in [1.807, 2.05) is 0 Å². The molecular weight excluding hydrogens is 298 g/mol. The third-order valence-corrected chi connectivity index (χ3v) is 4.70. The van der Waals surface area contributed by atoms with Crippen molar-refractivity contribution in [2.75, 3.05) is 10.5 Å². The summed E-state index contributed by atoms with van der Waals surface area (Å²) >= 11 is 0. The van der Waals surface area contributed by atoms with Crippen LogP contribution in [-0.2, 0) is 10.0 Å². The largest absolute Gasteiger partial charge is 0.398 e. The quantitative estimate of drug-likeness (QED) is 0.856. The van der Waals surface area contributed by atoms with Gasteiger partial charge in [-0.25, -0.2) is 17.2 Å². The van der Waals surface area contributed by atoms with Crippen LogP contribution in [0.1, 0.15) is 11.1 Å². The van der Waals surface area contributed by atoms with E-state index in [1.165, 1.54) is 0 Å². The van der Waals surface area contributed by atoms with E-state index in [4.69, 9.17) is 5.73 Å². The second kappa shape index (κ2) is 5.33. The number of halogens is 2. The highest BCUT2D eigenvalue weighted by Crippen LogP contribution is 2.27. The molecule has 4 nitrogen and oxygen atoms in total. The summed E-state index contributed by atoms with van der Waals surface area (Å²) in [4.78, 5) is 0.00664. The monoisotopic (exact) mass is 312 g/mol. The lowest BCUT2D eigenvalue weighted by molar-refractivity contribution is 0.584. The third-order valence-electron chi connectivity index (χ3n) is 3.03. The highest BCUT2D eigenvalue weighted by molar-refractivity contribution is 7.92. The first kappa shape index (κ1) is 15.2. The van der Waals surface area contributed by atoms with Gasteiger partial charge >= 0.3 is 0 Å². The minimum Gasteiger partial charge on any atom is -0.398 e. The number of nitrogens with one attached hydrogen (secondary N) is 1. The van der Waals surface area contributed by atoms with Crippen LogP contribution in [0.15, 0.2) is 35.2 Å². The van der Waals surface area contributed by atoms with Gasteiger partial charge in [0.25, 0.3) is 10.0 Å². The first-order valence-electron chi connectivity index (χ1n) is 6.05. The van der Waals surface area contributed by atoms with Crippen LogP contribution in [-0.4, -0.2) is 8.42 Å². The van der Waals surface area contributed by atoms with Crippen LogP contribution in [0.25, 0.3) is 0 Å². The molecular formula is C14H14F2N2O2S. The molecule has 2 aromatic rings. The van der Waals surface area contributed by atoms with Gasteiger partial charge in [0, 0.05) is 11.8 Å². The van der Waals surface area contributed by atoms with E-state index in [0.717, 1.165) is 12.1 Å². The first-order chi connectivity index (χ1) is 9.70. The van der Waals surface area contributed by atoms with Gasteiger partial charge in [0.15, 0.2) is 0 Å². The SMILES string of the molecule is Cc1ccc(N)c(C)c1S(=O)(=O)Nc1cc(F)cc(F)c1. The lowest BCUT2D eigenvalue weighted by atomic mass is 10.1. The van der Waals surface area contributed by atoms with Crippen molar-refractivity contribution < 1.29 is 17.2 Å². The maximum atomic E-state index is 13.1. The summed E-state index contributed by atoms with van der Waals surface area (Å²) in [6.45, 7) is 3.19. The summed E-state index contributed by atoms with van der Waals surface area (Å²) in [5.74, 6) is -1.73. The average Bonchev–Trinajstić information content (AvgIpc) is 2.32. The fourth-order valence-corrected chi connectivity index (χ4v) is 3.62. The van der Waals surface area contributed by atoms with Crippen LogP contribution in [0.5, 0.6) is 0 Å². The zero-order chi connectivity index (χ0) is 15.8. The standard InChI is InChI=1S/C14H14F2N2O2S/c1-8-3-4-13(17)9(2)14(8)21(19,20)18-12-6-10(15)5-11(16)7-12/h3-7,18H,17H2,1-2H3. The Morgan fingerprint density at radius 3 is 2.19 bits per heavy atom. The molecule has 3 N–H and O–H groups in total. The van der Waals surface area contributed by atoms with Crippen LogP contribution in [0, 0.1) is 25.5 Å². The van der Waals surface area contributed by atoms with Gasteiger partial charge in [0.1, 0.15) is 11.6 Å². The van der Waals surface area contributed by atoms with Crippen molar-refractivity contribution in [1.82, 2.24) is 0 Å². The summed E-state index contributed by atoms with van der Waals surface area (Å²) in [5, 5.41) is 0. The molecule has 2 rings (SSSR count). The van der Waals surface area contributed by atoms with Crippen LogP contribution in [0.4, 0.5) is 20.2 Å². The van der Waals surface area contributed by atoms with Gasteiger partial charge in [0.05, 0.1) is 10.6 Å². The molecule has 0 spiro atoms. The zero-order valence-electron chi connectivity index (χ0n) is 11.4. The van der Waals surface area contributed by atoms with E-state index in [2.05, 4.69) is 4.72 Å². The van der Waals surface area contributed by atoms with E-state index >= 15 is 0 Å². The van der Waals surface area contributed by atoms with Crippen molar-refractivity contribution in [3.63, 3.8) is 0 Å². The Balaban J connectivity index is 2.51. The maximum absolute atomic E-state index is 13.1. The number of anilines is 2. The van der Waals surface area contributed by atoms with Crippen molar-refractivity contribution in [2.24, 2.45) is 0 Å². The molecule has 112 valence electrons. The van der Waals surface area contributed by atoms with Gasteiger partial charge in [0.2, 0.25) is 0 Å². The fourth-order valence-electron chi connectivity index (χ4n) is 2.07. The summed E-state index contributed by atoms with van der Waals surface area (Å²) in [6, 6.07) is 5.64. The number of nitrogen functional groups attached to an aromatic ring is 1. The van der Waals surface area contributed by atoms with Crippen LogP contribution in [0.3, 0.4) is 0 Å². The van der Waals surface area contributed by atoms with E-state index in [1.54, 1.807) is 26.0 Å². The average molecular weight is 312 g/mol. The molecule has 0 aliphatic carbocycles. The maximum Gasteiger partial charge on any atom is 0.262 e. The van der Waals surface area contributed by atoms with E-state index < -0.39 is 21.7 Å². The lowest BCUT2D eigenvalue weighted by Crippen LogP contribution is -2.16. The summed E-state index contributed by atoms with van der Waals surface area (Å²) in [6.07, 6.45) is 0. The molecule has 0 aromatic heterocycles. The Kier molecular flexibility index (Phi) is 3.87. The zero-order valence-corrected chi connectivity index (χ0v) is 12.3. The van der Waals surface area contributed by atoms with Crippen LogP contribution in [0.2, 0.25) is 0 Å². The van der Waals surface area contributed by atoms with Gasteiger partial charge in [-0.05, 0) is 43.2 Å². The van der Waals surface area contributed by atoms with E-state index in [9.17, 15) is 17.2 Å². The van der Waals surface area contributed by atoms with Gasteiger partial charge in [-0.3, -0.25) is 4.72 Å². The van der Waals surface area contributed by atoms with Crippen molar-refractivity contribution >= 4 is 21.4 Å². The normalized spacial score (nSPS) is 11.4. The molecule has 21 heavy (non-hydrogen) atoms. The number of nitrogens with two attached hydrogens (primary N) is 1. The second-order valence-corrected chi connectivity index (χ2v) is 6.31. The third kappa shape index (κ3) is 3.13. The highest BCUT2D eigenvalue weighted by atomic mass is 32.2. The highest BCUT2D eigenvalue weighted by Gasteiger charge is 2.21. The Morgan fingerprint density at radius 2 is 1.62 bits per heavy atom. The molecule has 0 saturated carbocycles. The molecule has 0 heterocycles. The Bertz CT molecular complexity index is 785. The number of aryl methyl sites for hydroxylation is 1. The molecule has 0 amide bonds. The predicted octanol–water partition coefficient (Wildman–Crippen LogP) is 2.96. The van der Waals surface area contributed by atoms with Gasteiger partial charge in [-0.2, -0.15) is 0 Å². The molecule has 0 bridgehead atoms. The van der Waals surface area contributed by atoms with E-state index in [0.29, 0.717) is 22.9 Å². The van der Waals surface area contributed by atoms with Crippen molar-refractivity contribution in [1.29, 1.82) is 0 Å². The van der Waals surface area contributed by atoms with Crippen LogP contribution < -0.4 is 10.5 Å². The molecule has 0 radical (unpaired) electrons. The second-order valence-electron chi connectivity index (χ2n) is 4.69. The van der Waals surface area contributed by atoms with Gasteiger partial charge in [-0.1, -0.05) is 6.07 Å². The number of sulfonamides is 1. The number of benzene rings is 2. The number of rotatable bonds is 3.